The molecule has 0 unspecified atom stereocenters. The summed E-state index contributed by atoms with van der Waals surface area (Å²) in [5.74, 6) is 0. The van der Waals surface area contributed by atoms with E-state index in [0.717, 1.165) is 5.56 Å². The minimum Gasteiger partial charge on any atom is -0.309 e. The Hall–Kier alpha value is -9.76. The third-order valence-electron chi connectivity index (χ3n) is 20.5. The molecule has 2 nitrogen and oxygen atoms in total. The normalized spacial score (nSPS) is 13.0. The molecule has 2 aromatic heterocycles. The number of rotatable bonds is 4. The summed E-state index contributed by atoms with van der Waals surface area (Å²) in [6.45, 7) is 60.8. The second-order valence-corrected chi connectivity index (χ2v) is 38.8. The molecule has 0 bridgehead atoms. The van der Waals surface area contributed by atoms with Crippen molar-refractivity contribution in [3.63, 3.8) is 0 Å². The van der Waals surface area contributed by atoms with Crippen LogP contribution in [-0.2, 0) is 48.7 Å². The molecule has 0 saturated heterocycles. The molecule has 110 heavy (non-hydrogen) atoms. The monoisotopic (exact) mass is 1460 g/mol. The van der Waals surface area contributed by atoms with Gasteiger partial charge >= 0.3 is 0 Å². The minimum atomic E-state index is -0.359. The standard InChI is InChI=1S/2C22H21N.C18H30.2C16H18.C14H22/c1-22(2,3)18-12-6-9-15-21(18)23-19-13-7-4-10-16(19)17-11-5-8-14-20(17)23;1-22(2,3)19-14-9-13-18-17-12-7-8-15-20(17)23(21(18)19)16-10-5-4-6-11-16;1-16(2,3)13-10-11-14(17(4,5)6)15(12-13)18(7,8)9;2*1-16(2,3)15-12-8-7-11-14(15)13-9-5-4-6-10-13;1-13(2,3)11-7-9-12(10-8-11)14(4,5)6/h2*4-15H,1-3H3;10-12H,1-9H3;2*4-12H,1-3H3;7-10H,1-6H3/i;;;4D,5D,6D,9D,10D;;. The van der Waals surface area contributed by atoms with E-state index in [9.17, 15) is 0 Å². The smallest absolute Gasteiger partial charge is 0.0629 e. The van der Waals surface area contributed by atoms with Gasteiger partial charge in [0, 0.05) is 32.9 Å². The Bertz CT molecular complexity index is 5510. The van der Waals surface area contributed by atoms with Gasteiger partial charge in [0.1, 0.15) is 0 Å². The number of aromatic nitrogens is 2. The SMILES string of the molecule is CC(C)(C)c1ccc(C(C)(C)C)c(C(C)(C)C)c1.CC(C)(C)c1ccc(C(C)(C)C)cc1.CC(C)(C)c1cccc2c3ccccc3n(-c3ccccc3)c12.CC(C)(C)c1ccccc1-c1ccccc1.CC(C)(C)c1ccccc1-n1c2ccccc2c2ccccc21.[2H]c1c([2H])c([2H])c(-c2ccccc2C(C)(C)C)c([2H])c1[2H]. The zero-order chi connectivity index (χ0) is 84.9. The molecule has 0 fully saturated rings. The Morgan fingerprint density at radius 1 is 0.218 bits per heavy atom. The summed E-state index contributed by atoms with van der Waals surface area (Å²) in [5, 5.41) is 5.27. The van der Waals surface area contributed by atoms with Crippen LogP contribution in [0.2, 0.25) is 0 Å². The highest BCUT2D eigenvalue weighted by Gasteiger charge is 2.29. The molecule has 12 aromatic carbocycles. The predicted molar refractivity (Wildman–Crippen MR) is 487 cm³/mol. The van der Waals surface area contributed by atoms with E-state index in [0.29, 0.717) is 5.56 Å². The van der Waals surface area contributed by atoms with Crippen LogP contribution in [0.15, 0.2) is 297 Å². The average molecular weight is 1460 g/mol. The van der Waals surface area contributed by atoms with Crippen molar-refractivity contribution in [3.8, 4) is 33.6 Å². The van der Waals surface area contributed by atoms with E-state index < -0.39 is 0 Å². The molecule has 0 spiro atoms. The van der Waals surface area contributed by atoms with Gasteiger partial charge in [0.15, 0.2) is 0 Å². The van der Waals surface area contributed by atoms with E-state index in [1.807, 2.05) is 45.0 Å². The van der Waals surface area contributed by atoms with Gasteiger partial charge in [-0.25, -0.2) is 0 Å². The van der Waals surface area contributed by atoms with Gasteiger partial charge in [-0.1, -0.05) is 448 Å². The summed E-state index contributed by atoms with van der Waals surface area (Å²) in [4.78, 5) is 0. The minimum absolute atomic E-state index is 0.0976. The molecule has 2 heterocycles. The van der Waals surface area contributed by atoms with Crippen LogP contribution in [0.1, 0.15) is 244 Å². The highest BCUT2D eigenvalue weighted by molar-refractivity contribution is 6.11. The van der Waals surface area contributed by atoms with Crippen LogP contribution in [0.5, 0.6) is 0 Å². The average Bonchev–Trinajstić information content (AvgIpc) is 1.57. The molecule has 572 valence electrons. The van der Waals surface area contributed by atoms with Gasteiger partial charge in [0.25, 0.3) is 0 Å². The lowest BCUT2D eigenvalue weighted by Crippen LogP contribution is -2.23. The fourth-order valence-electron chi connectivity index (χ4n) is 14.5. The lowest BCUT2D eigenvalue weighted by atomic mass is 9.73. The fraction of sp³-hybridized carbons (Fsp3) is 0.333. The largest absolute Gasteiger partial charge is 0.309 e. The number of para-hydroxylation sites is 6. The summed E-state index contributed by atoms with van der Waals surface area (Å²) in [6.07, 6.45) is 0. The Balaban J connectivity index is 0.000000159. The highest BCUT2D eigenvalue weighted by Crippen LogP contribution is 2.42. The number of hydrogen-bond acceptors (Lipinski definition) is 0. The molecular formula is C108H130N2. The third-order valence-corrected chi connectivity index (χ3v) is 20.5. The van der Waals surface area contributed by atoms with Crippen LogP contribution in [0, 0.1) is 0 Å². The zero-order valence-corrected chi connectivity index (χ0v) is 71.8. The van der Waals surface area contributed by atoms with Gasteiger partial charge in [0.05, 0.1) is 28.9 Å². The summed E-state index contributed by atoms with van der Waals surface area (Å²) in [6, 6.07) is 93.7. The second-order valence-electron chi connectivity index (χ2n) is 38.8. The van der Waals surface area contributed by atoms with Crippen molar-refractivity contribution in [1.82, 2.24) is 9.13 Å². The first-order valence-corrected chi connectivity index (χ1v) is 39.7. The lowest BCUT2D eigenvalue weighted by molar-refractivity contribution is 0.523. The molecule has 0 aliphatic carbocycles. The van der Waals surface area contributed by atoms with Crippen molar-refractivity contribution in [2.45, 2.75) is 236 Å². The van der Waals surface area contributed by atoms with Crippen molar-refractivity contribution in [2.75, 3.05) is 0 Å². The van der Waals surface area contributed by atoms with E-state index in [2.05, 4.69) is 418 Å². The Labute approximate surface area is 672 Å². The molecule has 0 aliphatic rings. The molecule has 14 aromatic rings. The van der Waals surface area contributed by atoms with Crippen molar-refractivity contribution in [1.29, 1.82) is 0 Å². The molecule has 0 saturated carbocycles. The van der Waals surface area contributed by atoms with Crippen LogP contribution in [0.4, 0.5) is 0 Å². The van der Waals surface area contributed by atoms with Crippen molar-refractivity contribution in [2.24, 2.45) is 0 Å². The Morgan fingerprint density at radius 2 is 0.545 bits per heavy atom. The topological polar surface area (TPSA) is 9.86 Å². The first-order chi connectivity index (χ1) is 53.4. The summed E-state index contributed by atoms with van der Waals surface area (Å²) >= 11 is 0. The number of benzene rings is 12. The maximum Gasteiger partial charge on any atom is 0.0629 e. The van der Waals surface area contributed by atoms with Crippen LogP contribution in [0.3, 0.4) is 0 Å². The van der Waals surface area contributed by atoms with E-state index in [-0.39, 0.29) is 84.5 Å². The molecule has 14 rings (SSSR count). The molecule has 0 atom stereocenters. The van der Waals surface area contributed by atoms with E-state index in [4.69, 9.17) is 6.85 Å². The highest BCUT2D eigenvalue weighted by atomic mass is 15.0. The Kier molecular flexibility index (Phi) is 23.7. The van der Waals surface area contributed by atoms with Gasteiger partial charge in [0.2, 0.25) is 0 Å². The quantitative estimate of drug-likeness (QED) is 0.166. The van der Waals surface area contributed by atoms with Gasteiger partial charge in [-0.3, -0.25) is 0 Å². The van der Waals surface area contributed by atoms with Gasteiger partial charge in [-0.05, 0) is 157 Å². The third kappa shape index (κ3) is 20.8. The van der Waals surface area contributed by atoms with Crippen LogP contribution in [0.25, 0.3) is 77.2 Å². The fourth-order valence-corrected chi connectivity index (χ4v) is 14.5. The summed E-state index contributed by atoms with van der Waals surface area (Å²) < 4.78 is 44.3. The molecular weight excluding hydrogens is 1330 g/mol. The second kappa shape index (κ2) is 33.8. The number of hydrogen-bond donors (Lipinski definition) is 0. The van der Waals surface area contributed by atoms with Crippen LogP contribution in [-0.4, -0.2) is 9.13 Å². The molecule has 0 radical (unpaired) electrons. The van der Waals surface area contributed by atoms with Gasteiger partial charge in [-0.15, -0.1) is 0 Å². The Morgan fingerprint density at radius 3 is 0.973 bits per heavy atom. The van der Waals surface area contributed by atoms with Gasteiger partial charge < -0.3 is 9.13 Å². The lowest BCUT2D eigenvalue weighted by Gasteiger charge is -2.32. The van der Waals surface area contributed by atoms with E-state index >= 15 is 0 Å². The number of fused-ring (bicyclic) bond motifs is 6. The molecule has 0 aliphatic heterocycles. The summed E-state index contributed by atoms with van der Waals surface area (Å²) in [7, 11) is 0. The maximum atomic E-state index is 8.10. The summed E-state index contributed by atoms with van der Waals surface area (Å²) in [5.41, 5.74) is 24.9. The predicted octanol–water partition coefficient (Wildman–Crippen LogP) is 31.3. The zero-order valence-electron chi connectivity index (χ0n) is 76.8. The molecule has 0 N–H and O–H groups in total. The van der Waals surface area contributed by atoms with Crippen molar-refractivity contribution in [3.05, 3.63) is 347 Å². The van der Waals surface area contributed by atoms with E-state index in [1.54, 1.807) is 0 Å². The number of nitrogens with zero attached hydrogens (tertiary/aromatic N) is 2. The van der Waals surface area contributed by atoms with Crippen LogP contribution >= 0.6 is 0 Å². The van der Waals surface area contributed by atoms with E-state index in [1.165, 1.54) is 111 Å². The van der Waals surface area contributed by atoms with Crippen molar-refractivity contribution < 1.29 is 6.85 Å². The van der Waals surface area contributed by atoms with Crippen molar-refractivity contribution >= 4 is 43.6 Å². The van der Waals surface area contributed by atoms with Crippen LogP contribution < -0.4 is 0 Å². The van der Waals surface area contributed by atoms with Gasteiger partial charge in [-0.2, -0.15) is 0 Å². The first-order valence-electron chi connectivity index (χ1n) is 42.2. The molecule has 0 amide bonds. The first kappa shape index (κ1) is 77.0. The molecule has 2 heteroatoms. The maximum absolute atomic E-state index is 8.10.